The molecule has 0 radical (unpaired) electrons. The van der Waals surface area contributed by atoms with Crippen LogP contribution in [0.3, 0.4) is 0 Å². The average Bonchev–Trinajstić information content (AvgIpc) is 2.64. The third kappa shape index (κ3) is 3.62. The minimum atomic E-state index is -0.334. The standard InChI is InChI=1S/C22H25N3O2S/c26-19(13-28-20-6-5-17-3-1-2-4-18(17)23-20)24-21(27)25-22-10-14-7-15(11-22)9-16(8-14)12-22/h1-6,14-16H,7-13H2,(H2,24,25,26,27). The molecule has 0 aliphatic heterocycles. The number of nitrogens with one attached hydrogen (secondary N) is 2. The van der Waals surface area contributed by atoms with Crippen LogP contribution in [0.1, 0.15) is 38.5 Å². The number of nitrogens with zero attached hydrogens (tertiary/aromatic N) is 1. The van der Waals surface area contributed by atoms with Gasteiger partial charge in [0.25, 0.3) is 0 Å². The fraction of sp³-hybridized carbons (Fsp3) is 0.500. The van der Waals surface area contributed by atoms with Gasteiger partial charge in [-0.3, -0.25) is 10.1 Å². The monoisotopic (exact) mass is 395 g/mol. The van der Waals surface area contributed by atoms with Crippen molar-refractivity contribution in [2.45, 2.75) is 49.1 Å². The van der Waals surface area contributed by atoms with Crippen LogP contribution in [0.15, 0.2) is 41.4 Å². The number of para-hydroxylation sites is 1. The average molecular weight is 396 g/mol. The molecule has 2 aromatic rings. The molecule has 146 valence electrons. The zero-order valence-electron chi connectivity index (χ0n) is 15.8. The van der Waals surface area contributed by atoms with Crippen LogP contribution in [0.25, 0.3) is 10.9 Å². The van der Waals surface area contributed by atoms with Gasteiger partial charge in [0.1, 0.15) is 0 Å². The van der Waals surface area contributed by atoms with Crippen LogP contribution < -0.4 is 10.6 Å². The molecule has 0 saturated heterocycles. The molecule has 4 bridgehead atoms. The lowest BCUT2D eigenvalue weighted by Crippen LogP contribution is -2.61. The Balaban J connectivity index is 1.15. The summed E-state index contributed by atoms with van der Waals surface area (Å²) in [6.07, 6.45) is 7.23. The molecule has 28 heavy (non-hydrogen) atoms. The molecule has 4 aliphatic carbocycles. The highest BCUT2D eigenvalue weighted by atomic mass is 32.2. The van der Waals surface area contributed by atoms with E-state index in [1.54, 1.807) is 0 Å². The summed E-state index contributed by atoms with van der Waals surface area (Å²) < 4.78 is 0. The predicted octanol–water partition coefficient (Wildman–Crippen LogP) is 4.12. The summed E-state index contributed by atoms with van der Waals surface area (Å²) in [4.78, 5) is 29.3. The second-order valence-electron chi connectivity index (χ2n) is 8.83. The highest BCUT2D eigenvalue weighted by Gasteiger charge is 2.51. The maximum Gasteiger partial charge on any atom is 0.321 e. The number of urea groups is 1. The van der Waals surface area contributed by atoms with Gasteiger partial charge < -0.3 is 5.32 Å². The van der Waals surface area contributed by atoms with Gasteiger partial charge in [0, 0.05) is 10.9 Å². The molecule has 2 N–H and O–H groups in total. The van der Waals surface area contributed by atoms with Crippen molar-refractivity contribution in [3.63, 3.8) is 0 Å². The molecule has 1 aromatic carbocycles. The number of carbonyl (C=O) groups excluding carboxylic acids is 2. The summed E-state index contributed by atoms with van der Waals surface area (Å²) in [5.74, 6) is 2.19. The lowest BCUT2D eigenvalue weighted by molar-refractivity contribution is -0.117. The fourth-order valence-corrected chi connectivity index (χ4v) is 6.64. The van der Waals surface area contributed by atoms with Gasteiger partial charge in [0.2, 0.25) is 5.91 Å². The molecule has 1 heterocycles. The number of rotatable bonds is 4. The smallest absolute Gasteiger partial charge is 0.321 e. The van der Waals surface area contributed by atoms with Crippen molar-refractivity contribution in [1.82, 2.24) is 15.6 Å². The summed E-state index contributed by atoms with van der Waals surface area (Å²) >= 11 is 1.35. The predicted molar refractivity (Wildman–Crippen MR) is 110 cm³/mol. The number of aromatic nitrogens is 1. The van der Waals surface area contributed by atoms with Gasteiger partial charge in [-0.05, 0) is 68.4 Å². The Hall–Kier alpha value is -2.08. The van der Waals surface area contributed by atoms with Crippen LogP contribution >= 0.6 is 11.8 Å². The maximum absolute atomic E-state index is 12.5. The van der Waals surface area contributed by atoms with Crippen molar-refractivity contribution in [2.24, 2.45) is 17.8 Å². The second kappa shape index (κ2) is 7.07. The number of benzene rings is 1. The lowest BCUT2D eigenvalue weighted by atomic mass is 9.53. The number of thioether (sulfide) groups is 1. The number of carbonyl (C=O) groups is 2. The van der Waals surface area contributed by atoms with Crippen LogP contribution in [-0.4, -0.2) is 28.2 Å². The molecule has 1 aromatic heterocycles. The number of hydrogen-bond donors (Lipinski definition) is 2. The molecule has 4 aliphatic rings. The zero-order chi connectivity index (χ0) is 19.1. The minimum absolute atomic E-state index is 0.0772. The summed E-state index contributed by atoms with van der Waals surface area (Å²) in [6, 6.07) is 11.5. The lowest BCUT2D eigenvalue weighted by Gasteiger charge is -2.56. The van der Waals surface area contributed by atoms with Crippen molar-refractivity contribution in [3.05, 3.63) is 36.4 Å². The molecule has 0 unspecified atom stereocenters. The summed E-state index contributed by atoms with van der Waals surface area (Å²) in [7, 11) is 0. The Morgan fingerprint density at radius 1 is 1.00 bits per heavy atom. The van der Waals surface area contributed by atoms with Crippen LogP contribution in [-0.2, 0) is 4.79 Å². The number of imide groups is 1. The van der Waals surface area contributed by atoms with E-state index in [-0.39, 0.29) is 23.2 Å². The molecule has 4 fully saturated rings. The van der Waals surface area contributed by atoms with E-state index in [0.29, 0.717) is 0 Å². The van der Waals surface area contributed by atoms with Gasteiger partial charge >= 0.3 is 6.03 Å². The van der Waals surface area contributed by atoms with E-state index in [2.05, 4.69) is 15.6 Å². The number of hydrogen-bond acceptors (Lipinski definition) is 4. The number of fused-ring (bicyclic) bond motifs is 1. The summed E-state index contributed by atoms with van der Waals surface area (Å²) in [5.41, 5.74) is 0.832. The van der Waals surface area contributed by atoms with E-state index in [4.69, 9.17) is 0 Å². The molecule has 0 spiro atoms. The Bertz CT molecular complexity index is 894. The molecule has 6 rings (SSSR count). The molecule has 4 saturated carbocycles. The number of pyridine rings is 1. The van der Waals surface area contributed by atoms with Crippen molar-refractivity contribution in [2.75, 3.05) is 5.75 Å². The third-order valence-electron chi connectivity index (χ3n) is 6.59. The highest BCUT2D eigenvalue weighted by Crippen LogP contribution is 2.55. The van der Waals surface area contributed by atoms with E-state index in [1.807, 2.05) is 36.4 Å². The third-order valence-corrected chi connectivity index (χ3v) is 7.52. The second-order valence-corrected chi connectivity index (χ2v) is 9.83. The fourth-order valence-electron chi connectivity index (χ4n) is 5.97. The van der Waals surface area contributed by atoms with Gasteiger partial charge in [-0.15, -0.1) is 0 Å². The summed E-state index contributed by atoms with van der Waals surface area (Å²) in [6.45, 7) is 0. The largest absolute Gasteiger partial charge is 0.332 e. The van der Waals surface area contributed by atoms with Gasteiger partial charge in [-0.2, -0.15) is 0 Å². The van der Waals surface area contributed by atoms with Crippen LogP contribution in [0, 0.1) is 17.8 Å². The van der Waals surface area contributed by atoms with Gasteiger partial charge in [0.15, 0.2) is 0 Å². The first-order valence-electron chi connectivity index (χ1n) is 10.2. The van der Waals surface area contributed by atoms with E-state index in [1.165, 1.54) is 31.0 Å². The minimum Gasteiger partial charge on any atom is -0.332 e. The first kappa shape index (κ1) is 18.0. The van der Waals surface area contributed by atoms with E-state index in [9.17, 15) is 9.59 Å². The Kier molecular flexibility index (Phi) is 4.54. The molecule has 5 nitrogen and oxygen atoms in total. The normalized spacial score (nSPS) is 30.4. The van der Waals surface area contributed by atoms with E-state index in [0.717, 1.165) is 52.9 Å². The Morgan fingerprint density at radius 2 is 1.68 bits per heavy atom. The first-order chi connectivity index (χ1) is 13.6. The SMILES string of the molecule is O=C(CSc1ccc2ccccc2n1)NC(=O)NC12CC3CC(CC(C3)C1)C2. The van der Waals surface area contributed by atoms with Gasteiger partial charge in [-0.1, -0.05) is 36.0 Å². The van der Waals surface area contributed by atoms with Crippen LogP contribution in [0.5, 0.6) is 0 Å². The summed E-state index contributed by atoms with van der Waals surface area (Å²) in [5, 5.41) is 7.57. The quantitative estimate of drug-likeness (QED) is 0.764. The Labute approximate surface area is 169 Å². The molecular formula is C22H25N3O2S. The van der Waals surface area contributed by atoms with Crippen molar-refractivity contribution >= 4 is 34.6 Å². The molecule has 3 amide bonds. The van der Waals surface area contributed by atoms with Crippen molar-refractivity contribution in [3.8, 4) is 0 Å². The zero-order valence-corrected chi connectivity index (χ0v) is 16.6. The van der Waals surface area contributed by atoms with Gasteiger partial charge in [0.05, 0.1) is 16.3 Å². The van der Waals surface area contributed by atoms with Gasteiger partial charge in [-0.25, -0.2) is 9.78 Å². The first-order valence-corrected chi connectivity index (χ1v) is 11.2. The highest BCUT2D eigenvalue weighted by molar-refractivity contribution is 7.99. The maximum atomic E-state index is 12.5. The van der Waals surface area contributed by atoms with Crippen LogP contribution in [0.2, 0.25) is 0 Å². The van der Waals surface area contributed by atoms with Crippen molar-refractivity contribution < 1.29 is 9.59 Å². The molecular weight excluding hydrogens is 370 g/mol. The Morgan fingerprint density at radius 3 is 2.39 bits per heavy atom. The van der Waals surface area contributed by atoms with E-state index >= 15 is 0 Å². The molecule has 6 heteroatoms. The van der Waals surface area contributed by atoms with E-state index < -0.39 is 0 Å². The van der Waals surface area contributed by atoms with Crippen molar-refractivity contribution in [1.29, 1.82) is 0 Å². The van der Waals surface area contributed by atoms with Crippen LogP contribution in [0.4, 0.5) is 4.79 Å². The number of amides is 3. The molecule has 0 atom stereocenters. The topological polar surface area (TPSA) is 71.1 Å².